The summed E-state index contributed by atoms with van der Waals surface area (Å²) in [5, 5.41) is 0.759. The molecule has 0 saturated heterocycles. The minimum absolute atomic E-state index is 0.0980. The molecule has 0 aliphatic rings. The Morgan fingerprint density at radius 1 is 1.14 bits per heavy atom. The van der Waals surface area contributed by atoms with Crippen molar-refractivity contribution in [2.24, 2.45) is 5.73 Å². The summed E-state index contributed by atoms with van der Waals surface area (Å²) in [6, 6.07) is 16.0. The van der Waals surface area contributed by atoms with Crippen LogP contribution in [0.1, 0.15) is 17.2 Å². The second-order valence-corrected chi connectivity index (χ2v) is 5.44. The molecule has 1 unspecified atom stereocenters. The molecule has 0 spiro atoms. The van der Waals surface area contributed by atoms with Crippen molar-refractivity contribution < 1.29 is 4.74 Å². The zero-order valence-corrected chi connectivity index (χ0v) is 13.2. The van der Waals surface area contributed by atoms with Crippen LogP contribution < -0.4 is 10.5 Å². The van der Waals surface area contributed by atoms with Crippen LogP contribution in [-0.2, 0) is 6.54 Å². The van der Waals surface area contributed by atoms with E-state index in [4.69, 9.17) is 22.1 Å². The molecule has 21 heavy (non-hydrogen) atoms. The number of nitrogens with zero attached hydrogens (tertiary/aromatic N) is 1. The van der Waals surface area contributed by atoms with Crippen molar-refractivity contribution in [3.63, 3.8) is 0 Å². The maximum Gasteiger partial charge on any atom is 0.118 e. The van der Waals surface area contributed by atoms with Gasteiger partial charge in [0.05, 0.1) is 7.11 Å². The lowest BCUT2D eigenvalue weighted by molar-refractivity contribution is 0.242. The average Bonchev–Trinajstić information content (AvgIpc) is 2.50. The fourth-order valence-electron chi connectivity index (χ4n) is 2.42. The summed E-state index contributed by atoms with van der Waals surface area (Å²) in [5.74, 6) is 0.864. The van der Waals surface area contributed by atoms with Crippen molar-refractivity contribution in [3.8, 4) is 5.75 Å². The van der Waals surface area contributed by atoms with Crippen molar-refractivity contribution in [3.05, 3.63) is 64.7 Å². The Morgan fingerprint density at radius 2 is 1.81 bits per heavy atom. The molecule has 2 N–H and O–H groups in total. The molecule has 0 aliphatic heterocycles. The van der Waals surface area contributed by atoms with E-state index in [1.165, 1.54) is 5.56 Å². The Morgan fingerprint density at radius 3 is 2.38 bits per heavy atom. The molecule has 112 valence electrons. The fourth-order valence-corrected chi connectivity index (χ4v) is 2.68. The third-order valence-electron chi connectivity index (χ3n) is 3.61. The first-order valence-electron chi connectivity index (χ1n) is 6.93. The molecule has 0 radical (unpaired) electrons. The summed E-state index contributed by atoms with van der Waals surface area (Å²) in [5.41, 5.74) is 8.23. The summed E-state index contributed by atoms with van der Waals surface area (Å²) in [6.45, 7) is 1.33. The van der Waals surface area contributed by atoms with Crippen LogP contribution in [0.25, 0.3) is 0 Å². The van der Waals surface area contributed by atoms with E-state index in [9.17, 15) is 0 Å². The molecular weight excluding hydrogens is 284 g/mol. The molecule has 0 bridgehead atoms. The quantitative estimate of drug-likeness (QED) is 0.888. The first-order valence-corrected chi connectivity index (χ1v) is 7.31. The Balaban J connectivity index is 2.13. The monoisotopic (exact) mass is 304 g/mol. The molecular formula is C17H21ClN2O. The second-order valence-electron chi connectivity index (χ2n) is 5.04. The molecule has 0 aromatic heterocycles. The van der Waals surface area contributed by atoms with Crippen molar-refractivity contribution in [1.29, 1.82) is 0 Å². The molecule has 2 aromatic rings. The number of ether oxygens (including phenoxy) is 1. The van der Waals surface area contributed by atoms with E-state index in [0.717, 1.165) is 22.9 Å². The van der Waals surface area contributed by atoms with Gasteiger partial charge in [0.15, 0.2) is 0 Å². The van der Waals surface area contributed by atoms with Crippen LogP contribution in [0.2, 0.25) is 5.02 Å². The van der Waals surface area contributed by atoms with E-state index < -0.39 is 0 Å². The van der Waals surface area contributed by atoms with Crippen LogP contribution in [0, 0.1) is 0 Å². The average molecular weight is 305 g/mol. The number of benzene rings is 2. The largest absolute Gasteiger partial charge is 0.497 e. The van der Waals surface area contributed by atoms with E-state index in [1.807, 2.05) is 36.4 Å². The Kier molecular flexibility index (Phi) is 5.62. The van der Waals surface area contributed by atoms with E-state index in [-0.39, 0.29) is 6.04 Å². The standard InChI is InChI=1S/C17H21ClN2O/c1-20(12-13-7-9-14(21-2)10-8-13)17(11-19)15-5-3-4-6-16(15)18/h3-10,17H,11-12,19H2,1-2H3. The van der Waals surface area contributed by atoms with Gasteiger partial charge in [-0.05, 0) is 36.4 Å². The first-order chi connectivity index (χ1) is 10.2. The Hall–Kier alpha value is -1.55. The van der Waals surface area contributed by atoms with Gasteiger partial charge in [0, 0.05) is 24.2 Å². The second kappa shape index (κ2) is 7.46. The number of nitrogens with two attached hydrogens (primary N) is 1. The maximum atomic E-state index is 6.29. The summed E-state index contributed by atoms with van der Waals surface area (Å²) < 4.78 is 5.18. The summed E-state index contributed by atoms with van der Waals surface area (Å²) in [4.78, 5) is 2.21. The zero-order chi connectivity index (χ0) is 15.2. The van der Waals surface area contributed by atoms with Crippen molar-refractivity contribution in [2.75, 3.05) is 20.7 Å². The van der Waals surface area contributed by atoms with Gasteiger partial charge in [-0.2, -0.15) is 0 Å². The number of hydrogen-bond donors (Lipinski definition) is 1. The van der Waals surface area contributed by atoms with Gasteiger partial charge in [-0.25, -0.2) is 0 Å². The van der Waals surface area contributed by atoms with Gasteiger partial charge < -0.3 is 10.5 Å². The summed E-state index contributed by atoms with van der Waals surface area (Å²) in [6.07, 6.45) is 0. The predicted molar refractivity (Wildman–Crippen MR) is 87.7 cm³/mol. The van der Waals surface area contributed by atoms with E-state index in [1.54, 1.807) is 7.11 Å². The van der Waals surface area contributed by atoms with Gasteiger partial charge in [-0.15, -0.1) is 0 Å². The molecule has 0 saturated carbocycles. The van der Waals surface area contributed by atoms with Crippen molar-refractivity contribution in [2.45, 2.75) is 12.6 Å². The van der Waals surface area contributed by atoms with E-state index in [2.05, 4.69) is 24.1 Å². The van der Waals surface area contributed by atoms with Gasteiger partial charge >= 0.3 is 0 Å². The number of methoxy groups -OCH3 is 1. The highest BCUT2D eigenvalue weighted by atomic mass is 35.5. The highest BCUT2D eigenvalue weighted by Gasteiger charge is 2.18. The topological polar surface area (TPSA) is 38.5 Å². The highest BCUT2D eigenvalue weighted by molar-refractivity contribution is 6.31. The van der Waals surface area contributed by atoms with E-state index >= 15 is 0 Å². The van der Waals surface area contributed by atoms with Gasteiger partial charge in [-0.3, -0.25) is 4.90 Å². The van der Waals surface area contributed by atoms with Gasteiger partial charge in [0.25, 0.3) is 0 Å². The predicted octanol–water partition coefficient (Wildman–Crippen LogP) is 3.48. The minimum Gasteiger partial charge on any atom is -0.497 e. The minimum atomic E-state index is 0.0980. The third-order valence-corrected chi connectivity index (χ3v) is 3.95. The molecule has 0 fully saturated rings. The molecule has 2 rings (SSSR count). The molecule has 0 aliphatic carbocycles. The molecule has 0 amide bonds. The molecule has 4 heteroatoms. The van der Waals surface area contributed by atoms with Crippen LogP contribution in [-0.4, -0.2) is 25.6 Å². The van der Waals surface area contributed by atoms with Crippen LogP contribution in [0.3, 0.4) is 0 Å². The van der Waals surface area contributed by atoms with E-state index in [0.29, 0.717) is 6.54 Å². The number of hydrogen-bond acceptors (Lipinski definition) is 3. The lowest BCUT2D eigenvalue weighted by atomic mass is 10.0. The Labute approximate surface area is 131 Å². The van der Waals surface area contributed by atoms with Gasteiger partial charge in [0.1, 0.15) is 5.75 Å². The summed E-state index contributed by atoms with van der Waals surface area (Å²) in [7, 11) is 3.73. The van der Waals surface area contributed by atoms with Crippen LogP contribution >= 0.6 is 11.6 Å². The number of likely N-dealkylation sites (N-methyl/N-ethyl adjacent to an activating group) is 1. The molecule has 3 nitrogen and oxygen atoms in total. The third kappa shape index (κ3) is 3.97. The van der Waals surface area contributed by atoms with Crippen LogP contribution in [0.15, 0.2) is 48.5 Å². The molecule has 0 heterocycles. The van der Waals surface area contributed by atoms with Crippen LogP contribution in [0.5, 0.6) is 5.75 Å². The number of halogens is 1. The summed E-state index contributed by atoms with van der Waals surface area (Å²) >= 11 is 6.29. The lowest BCUT2D eigenvalue weighted by Crippen LogP contribution is -2.30. The normalized spacial score (nSPS) is 12.4. The first kappa shape index (κ1) is 15.8. The maximum absolute atomic E-state index is 6.29. The fraction of sp³-hybridized carbons (Fsp3) is 0.294. The Bertz CT molecular complexity index is 571. The zero-order valence-electron chi connectivity index (χ0n) is 12.4. The van der Waals surface area contributed by atoms with Crippen molar-refractivity contribution >= 4 is 11.6 Å². The smallest absolute Gasteiger partial charge is 0.118 e. The lowest BCUT2D eigenvalue weighted by Gasteiger charge is -2.28. The molecule has 2 aromatic carbocycles. The van der Waals surface area contributed by atoms with Crippen molar-refractivity contribution in [1.82, 2.24) is 4.90 Å². The van der Waals surface area contributed by atoms with Crippen LogP contribution in [0.4, 0.5) is 0 Å². The van der Waals surface area contributed by atoms with Gasteiger partial charge in [-0.1, -0.05) is 41.9 Å². The highest BCUT2D eigenvalue weighted by Crippen LogP contribution is 2.27. The molecule has 1 atom stereocenters. The SMILES string of the molecule is COc1ccc(CN(C)C(CN)c2ccccc2Cl)cc1. The van der Waals surface area contributed by atoms with Gasteiger partial charge in [0.2, 0.25) is 0 Å². The number of rotatable bonds is 6.